The lowest BCUT2D eigenvalue weighted by molar-refractivity contribution is -0.142. The maximum Gasteiger partial charge on any atom is 0.326 e. The van der Waals surface area contributed by atoms with Crippen molar-refractivity contribution in [1.29, 1.82) is 0 Å². The lowest BCUT2D eigenvalue weighted by Crippen LogP contribution is -2.58. The van der Waals surface area contributed by atoms with E-state index in [2.05, 4.69) is 16.0 Å². The molecule has 0 aromatic carbocycles. The van der Waals surface area contributed by atoms with Crippen LogP contribution in [-0.2, 0) is 19.2 Å². The Balaban J connectivity index is 5.09. The topological polar surface area (TPSA) is 171 Å². The minimum atomic E-state index is -1.34. The third-order valence-electron chi connectivity index (χ3n) is 3.79. The van der Waals surface area contributed by atoms with Gasteiger partial charge in [0.2, 0.25) is 17.7 Å². The summed E-state index contributed by atoms with van der Waals surface area (Å²) in [5.41, 5.74) is 5.51. The molecule has 0 aromatic heterocycles. The highest BCUT2D eigenvalue weighted by molar-refractivity contribution is 7.98. The Morgan fingerprint density at radius 2 is 1.43 bits per heavy atom. The molecule has 0 aromatic rings. The molecule has 4 atom stereocenters. The number of nitrogens with two attached hydrogens (primary N) is 1. The second kappa shape index (κ2) is 13.3. The van der Waals surface area contributed by atoms with Crippen LogP contribution in [0.15, 0.2) is 0 Å². The van der Waals surface area contributed by atoms with Gasteiger partial charge in [-0.3, -0.25) is 14.4 Å². The first-order valence-electron chi connectivity index (χ1n) is 9.02. The molecule has 0 saturated carbocycles. The number of rotatable bonds is 13. The molecule has 0 aliphatic rings. The minimum Gasteiger partial charge on any atom is -0.480 e. The van der Waals surface area contributed by atoms with E-state index in [0.717, 1.165) is 0 Å². The van der Waals surface area contributed by atoms with Crippen molar-refractivity contribution in [3.05, 3.63) is 0 Å². The second-order valence-electron chi connectivity index (χ2n) is 6.90. The predicted octanol–water partition coefficient (Wildman–Crippen LogP) is -1.34. The third kappa shape index (κ3) is 9.90. The highest BCUT2D eigenvalue weighted by Gasteiger charge is 2.29. The van der Waals surface area contributed by atoms with Gasteiger partial charge in [-0.05, 0) is 37.7 Å². The summed E-state index contributed by atoms with van der Waals surface area (Å²) in [5, 5.41) is 25.9. The number of nitrogens with one attached hydrogen (secondary N) is 3. The highest BCUT2D eigenvalue weighted by atomic mass is 32.2. The van der Waals surface area contributed by atoms with E-state index in [1.165, 1.54) is 18.7 Å². The van der Waals surface area contributed by atoms with Gasteiger partial charge in [0.15, 0.2) is 0 Å². The van der Waals surface area contributed by atoms with Gasteiger partial charge in [-0.15, -0.1) is 0 Å². The number of aliphatic carboxylic acids is 1. The summed E-state index contributed by atoms with van der Waals surface area (Å²) in [6, 6.07) is -4.22. The first-order valence-corrected chi connectivity index (χ1v) is 10.4. The summed E-state index contributed by atoms with van der Waals surface area (Å²) >= 11 is 1.43. The van der Waals surface area contributed by atoms with Crippen molar-refractivity contribution in [2.24, 2.45) is 11.7 Å². The molecule has 4 unspecified atom stereocenters. The standard InChI is InChI=1S/C17H32N4O6S/c1-9(2)7-12(20-14(23)10(3)18)15(24)21-13(8-22)16(25)19-11(17(26)27)5-6-28-4/h9-13,22H,5-8,18H2,1-4H3,(H,19,25)(H,20,23)(H,21,24)(H,26,27). The van der Waals surface area contributed by atoms with Gasteiger partial charge in [-0.2, -0.15) is 11.8 Å². The monoisotopic (exact) mass is 420 g/mol. The Morgan fingerprint density at radius 3 is 1.86 bits per heavy atom. The molecule has 0 fully saturated rings. The number of aliphatic hydroxyl groups is 1. The van der Waals surface area contributed by atoms with Gasteiger partial charge in [0.1, 0.15) is 18.1 Å². The van der Waals surface area contributed by atoms with Crippen molar-refractivity contribution >= 4 is 35.5 Å². The Bertz CT molecular complexity index is 544. The van der Waals surface area contributed by atoms with Crippen LogP contribution in [0.4, 0.5) is 0 Å². The summed E-state index contributed by atoms with van der Waals surface area (Å²) in [5.74, 6) is -2.61. The van der Waals surface area contributed by atoms with Crippen LogP contribution in [0.5, 0.6) is 0 Å². The molecule has 3 amide bonds. The first-order chi connectivity index (χ1) is 13.0. The SMILES string of the molecule is CSCCC(NC(=O)C(CO)NC(=O)C(CC(C)C)NC(=O)C(C)N)C(=O)O. The van der Waals surface area contributed by atoms with E-state index in [4.69, 9.17) is 5.73 Å². The van der Waals surface area contributed by atoms with Crippen LogP contribution in [0.3, 0.4) is 0 Å². The molecule has 0 heterocycles. The number of carboxylic acids is 1. The number of aliphatic hydroxyl groups excluding tert-OH is 1. The van der Waals surface area contributed by atoms with E-state index < -0.39 is 54.5 Å². The first kappa shape index (κ1) is 26.1. The van der Waals surface area contributed by atoms with Crippen molar-refractivity contribution in [3.63, 3.8) is 0 Å². The molecule has 0 saturated heterocycles. The van der Waals surface area contributed by atoms with Crippen molar-refractivity contribution in [2.45, 2.75) is 57.8 Å². The van der Waals surface area contributed by atoms with Gasteiger partial charge in [0, 0.05) is 0 Å². The number of amides is 3. The van der Waals surface area contributed by atoms with Crippen LogP contribution in [0.1, 0.15) is 33.6 Å². The van der Waals surface area contributed by atoms with Gasteiger partial charge < -0.3 is 31.9 Å². The summed E-state index contributed by atoms with van der Waals surface area (Å²) in [7, 11) is 0. The summed E-state index contributed by atoms with van der Waals surface area (Å²) in [6.45, 7) is 4.47. The normalized spacial score (nSPS) is 15.2. The van der Waals surface area contributed by atoms with E-state index >= 15 is 0 Å². The number of carboxylic acid groups (broad SMARTS) is 1. The minimum absolute atomic E-state index is 0.0634. The van der Waals surface area contributed by atoms with Gasteiger partial charge in [-0.1, -0.05) is 13.8 Å². The van der Waals surface area contributed by atoms with Crippen molar-refractivity contribution in [1.82, 2.24) is 16.0 Å². The molecule has 0 rings (SSSR count). The molecule has 28 heavy (non-hydrogen) atoms. The summed E-state index contributed by atoms with van der Waals surface area (Å²) in [4.78, 5) is 47.9. The van der Waals surface area contributed by atoms with Gasteiger partial charge in [0.25, 0.3) is 0 Å². The van der Waals surface area contributed by atoms with Crippen LogP contribution >= 0.6 is 11.8 Å². The number of carbonyl (C=O) groups is 4. The average Bonchev–Trinajstić information content (AvgIpc) is 2.61. The molecule has 0 radical (unpaired) electrons. The zero-order chi connectivity index (χ0) is 21.9. The Labute approximate surface area is 169 Å². The molecule has 0 bridgehead atoms. The molecule has 0 aliphatic heterocycles. The molecule has 7 N–H and O–H groups in total. The van der Waals surface area contributed by atoms with E-state index in [-0.39, 0.29) is 12.3 Å². The summed E-state index contributed by atoms with van der Waals surface area (Å²) < 4.78 is 0. The third-order valence-corrected chi connectivity index (χ3v) is 4.44. The fourth-order valence-corrected chi connectivity index (χ4v) is 2.71. The lowest BCUT2D eigenvalue weighted by atomic mass is 10.0. The zero-order valence-electron chi connectivity index (χ0n) is 16.7. The number of carbonyl (C=O) groups excluding carboxylic acids is 3. The highest BCUT2D eigenvalue weighted by Crippen LogP contribution is 2.06. The molecule has 0 spiro atoms. The molecular formula is C17H32N4O6S. The molecular weight excluding hydrogens is 388 g/mol. The van der Waals surface area contributed by atoms with E-state index in [1.807, 2.05) is 20.1 Å². The van der Waals surface area contributed by atoms with Crippen molar-refractivity contribution in [2.75, 3.05) is 18.6 Å². The van der Waals surface area contributed by atoms with Crippen LogP contribution in [0.2, 0.25) is 0 Å². The fraction of sp³-hybridized carbons (Fsp3) is 0.765. The van der Waals surface area contributed by atoms with Crippen LogP contribution < -0.4 is 21.7 Å². The maximum atomic E-state index is 12.5. The largest absolute Gasteiger partial charge is 0.480 e. The van der Waals surface area contributed by atoms with E-state index in [1.54, 1.807) is 0 Å². The predicted molar refractivity (Wildman–Crippen MR) is 107 cm³/mol. The van der Waals surface area contributed by atoms with Crippen molar-refractivity contribution in [3.8, 4) is 0 Å². The lowest BCUT2D eigenvalue weighted by Gasteiger charge is -2.24. The van der Waals surface area contributed by atoms with Crippen molar-refractivity contribution < 1.29 is 29.4 Å². The van der Waals surface area contributed by atoms with E-state index in [9.17, 15) is 29.4 Å². The number of thioether (sulfide) groups is 1. The quantitative estimate of drug-likeness (QED) is 0.213. The Kier molecular flexibility index (Phi) is 12.5. The molecule has 0 aliphatic carbocycles. The smallest absolute Gasteiger partial charge is 0.326 e. The maximum absolute atomic E-state index is 12.5. The second-order valence-corrected chi connectivity index (χ2v) is 7.89. The van der Waals surface area contributed by atoms with E-state index in [0.29, 0.717) is 12.2 Å². The Morgan fingerprint density at radius 1 is 0.929 bits per heavy atom. The molecule has 11 heteroatoms. The van der Waals surface area contributed by atoms with Crippen LogP contribution in [0.25, 0.3) is 0 Å². The summed E-state index contributed by atoms with van der Waals surface area (Å²) in [6.07, 6.45) is 2.31. The average molecular weight is 421 g/mol. The van der Waals surface area contributed by atoms with Crippen LogP contribution in [-0.4, -0.2) is 76.7 Å². The van der Waals surface area contributed by atoms with Crippen LogP contribution in [0, 0.1) is 5.92 Å². The zero-order valence-corrected chi connectivity index (χ0v) is 17.5. The molecule has 10 nitrogen and oxygen atoms in total. The number of hydrogen-bond donors (Lipinski definition) is 6. The van der Waals surface area contributed by atoms with Gasteiger partial charge in [0.05, 0.1) is 12.6 Å². The number of hydrogen-bond acceptors (Lipinski definition) is 7. The van der Waals surface area contributed by atoms with Gasteiger partial charge >= 0.3 is 5.97 Å². The Hall–Kier alpha value is -1.85. The fourth-order valence-electron chi connectivity index (χ4n) is 2.24. The molecule has 162 valence electrons. The van der Waals surface area contributed by atoms with Gasteiger partial charge in [-0.25, -0.2) is 4.79 Å².